The second-order valence-corrected chi connectivity index (χ2v) is 3.46. The van der Waals surface area contributed by atoms with Crippen LogP contribution in [-0.4, -0.2) is 19.3 Å². The van der Waals surface area contributed by atoms with Gasteiger partial charge in [-0.1, -0.05) is 11.6 Å². The molecule has 1 aromatic rings. The smallest absolute Gasteiger partial charge is 0.275 e. The molecule has 1 aliphatic rings. The zero-order chi connectivity index (χ0) is 11.5. The number of rotatable bonds is 3. The van der Waals surface area contributed by atoms with Crippen molar-refractivity contribution in [2.45, 2.75) is 6.92 Å². The standard InChI is InChI=1S/C10H10ClNO4/c1-2-16-12-10(13)6-3-7(11)9-8(4-6)14-5-15-9/h3-4H,2,5H2,1H3,(H,12,13). The Kier molecular flexibility index (Phi) is 3.17. The summed E-state index contributed by atoms with van der Waals surface area (Å²) in [6.45, 7) is 2.28. The van der Waals surface area contributed by atoms with Crippen LogP contribution in [0.3, 0.4) is 0 Å². The lowest BCUT2D eigenvalue weighted by Gasteiger charge is -2.05. The van der Waals surface area contributed by atoms with Gasteiger partial charge in [-0.15, -0.1) is 0 Å². The fraction of sp³-hybridized carbons (Fsp3) is 0.300. The number of hydrogen-bond acceptors (Lipinski definition) is 4. The Morgan fingerprint density at radius 1 is 1.56 bits per heavy atom. The van der Waals surface area contributed by atoms with E-state index in [4.69, 9.17) is 25.9 Å². The Labute approximate surface area is 97.2 Å². The maximum atomic E-state index is 11.6. The maximum Gasteiger partial charge on any atom is 0.275 e. The Bertz CT molecular complexity index is 422. The van der Waals surface area contributed by atoms with Crippen molar-refractivity contribution < 1.29 is 19.1 Å². The van der Waals surface area contributed by atoms with E-state index in [1.807, 2.05) is 0 Å². The van der Waals surface area contributed by atoms with E-state index >= 15 is 0 Å². The zero-order valence-electron chi connectivity index (χ0n) is 8.58. The lowest BCUT2D eigenvalue weighted by molar-refractivity contribution is 0.0364. The van der Waals surface area contributed by atoms with Gasteiger partial charge in [-0.25, -0.2) is 5.48 Å². The van der Waals surface area contributed by atoms with Crippen molar-refractivity contribution in [2.24, 2.45) is 0 Å². The van der Waals surface area contributed by atoms with Gasteiger partial charge >= 0.3 is 0 Å². The fourth-order valence-corrected chi connectivity index (χ4v) is 1.56. The van der Waals surface area contributed by atoms with Gasteiger partial charge in [0.25, 0.3) is 5.91 Å². The first kappa shape index (κ1) is 11.0. The highest BCUT2D eigenvalue weighted by Gasteiger charge is 2.20. The maximum absolute atomic E-state index is 11.6. The highest BCUT2D eigenvalue weighted by molar-refractivity contribution is 6.32. The van der Waals surface area contributed by atoms with E-state index in [2.05, 4.69) is 5.48 Å². The number of hydroxylamine groups is 1. The van der Waals surface area contributed by atoms with Crippen LogP contribution in [0.2, 0.25) is 5.02 Å². The Morgan fingerprint density at radius 3 is 3.12 bits per heavy atom. The summed E-state index contributed by atoms with van der Waals surface area (Å²) in [4.78, 5) is 16.4. The molecule has 0 bridgehead atoms. The van der Waals surface area contributed by atoms with Gasteiger partial charge in [0.15, 0.2) is 11.5 Å². The van der Waals surface area contributed by atoms with E-state index < -0.39 is 0 Å². The molecule has 6 heteroatoms. The average molecular weight is 244 g/mol. The normalized spacial score (nSPS) is 12.6. The summed E-state index contributed by atoms with van der Waals surface area (Å²) in [7, 11) is 0. The summed E-state index contributed by atoms with van der Waals surface area (Å²) in [5, 5.41) is 0.344. The van der Waals surface area contributed by atoms with E-state index in [0.29, 0.717) is 28.7 Å². The van der Waals surface area contributed by atoms with Crippen LogP contribution in [0.4, 0.5) is 0 Å². The number of benzene rings is 1. The Morgan fingerprint density at radius 2 is 2.38 bits per heavy atom. The third-order valence-corrected chi connectivity index (χ3v) is 2.28. The number of carbonyl (C=O) groups excluding carboxylic acids is 1. The predicted octanol–water partition coefficient (Wildman–Crippen LogP) is 1.75. The summed E-state index contributed by atoms with van der Waals surface area (Å²) in [5.41, 5.74) is 2.64. The summed E-state index contributed by atoms with van der Waals surface area (Å²) in [6.07, 6.45) is 0. The molecule has 0 radical (unpaired) electrons. The van der Waals surface area contributed by atoms with Gasteiger partial charge in [0.2, 0.25) is 6.79 Å². The van der Waals surface area contributed by atoms with Crippen LogP contribution in [0, 0.1) is 0 Å². The van der Waals surface area contributed by atoms with Gasteiger partial charge in [0, 0.05) is 5.56 Å². The molecule has 0 saturated heterocycles. The summed E-state index contributed by atoms with van der Waals surface area (Å²) in [5.74, 6) is 0.561. The molecule has 16 heavy (non-hydrogen) atoms. The first-order chi connectivity index (χ1) is 7.72. The quantitative estimate of drug-likeness (QED) is 0.822. The molecule has 0 aromatic heterocycles. The number of nitrogens with one attached hydrogen (secondary N) is 1. The van der Waals surface area contributed by atoms with Crippen molar-refractivity contribution in [1.82, 2.24) is 5.48 Å². The number of fused-ring (bicyclic) bond motifs is 1. The highest BCUT2D eigenvalue weighted by Crippen LogP contribution is 2.39. The topological polar surface area (TPSA) is 56.8 Å². The molecule has 1 heterocycles. The molecule has 0 fully saturated rings. The first-order valence-electron chi connectivity index (χ1n) is 4.73. The lowest BCUT2D eigenvalue weighted by atomic mass is 10.2. The summed E-state index contributed by atoms with van der Waals surface area (Å²) < 4.78 is 10.3. The number of amides is 1. The molecule has 1 amide bonds. The van der Waals surface area contributed by atoms with Crippen LogP contribution >= 0.6 is 11.6 Å². The number of ether oxygens (including phenoxy) is 2. The van der Waals surface area contributed by atoms with Gasteiger partial charge in [0.05, 0.1) is 11.6 Å². The monoisotopic (exact) mass is 243 g/mol. The van der Waals surface area contributed by atoms with Gasteiger partial charge < -0.3 is 9.47 Å². The van der Waals surface area contributed by atoms with Gasteiger partial charge in [0.1, 0.15) is 0 Å². The van der Waals surface area contributed by atoms with E-state index in [0.717, 1.165) is 0 Å². The number of carbonyl (C=O) groups is 1. The number of hydrogen-bond donors (Lipinski definition) is 1. The third kappa shape index (κ3) is 2.05. The lowest BCUT2D eigenvalue weighted by Crippen LogP contribution is -2.23. The minimum atomic E-state index is -0.373. The highest BCUT2D eigenvalue weighted by atomic mass is 35.5. The van der Waals surface area contributed by atoms with Crippen molar-refractivity contribution in [1.29, 1.82) is 0 Å². The van der Waals surface area contributed by atoms with Crippen LogP contribution in [0.1, 0.15) is 17.3 Å². The Hall–Kier alpha value is -1.46. The zero-order valence-corrected chi connectivity index (χ0v) is 9.34. The molecule has 1 aromatic carbocycles. The molecule has 0 saturated carbocycles. The van der Waals surface area contributed by atoms with E-state index in [1.54, 1.807) is 13.0 Å². The molecule has 0 aliphatic carbocycles. The molecule has 2 rings (SSSR count). The Balaban J connectivity index is 2.23. The van der Waals surface area contributed by atoms with Crippen molar-refractivity contribution in [3.63, 3.8) is 0 Å². The molecule has 0 unspecified atom stereocenters. The van der Waals surface area contributed by atoms with E-state index in [1.165, 1.54) is 6.07 Å². The van der Waals surface area contributed by atoms with Crippen molar-refractivity contribution in [2.75, 3.05) is 13.4 Å². The fourth-order valence-electron chi connectivity index (χ4n) is 1.30. The second kappa shape index (κ2) is 4.59. The van der Waals surface area contributed by atoms with Crippen molar-refractivity contribution in [3.05, 3.63) is 22.7 Å². The average Bonchev–Trinajstić information content (AvgIpc) is 2.74. The van der Waals surface area contributed by atoms with Crippen LogP contribution in [0.25, 0.3) is 0 Å². The molecule has 86 valence electrons. The van der Waals surface area contributed by atoms with Crippen LogP contribution in [0.5, 0.6) is 11.5 Å². The predicted molar refractivity (Wildman–Crippen MR) is 56.7 cm³/mol. The van der Waals surface area contributed by atoms with Gasteiger partial charge in [-0.3, -0.25) is 9.63 Å². The van der Waals surface area contributed by atoms with Crippen LogP contribution < -0.4 is 15.0 Å². The van der Waals surface area contributed by atoms with E-state index in [9.17, 15) is 4.79 Å². The molecule has 0 atom stereocenters. The molecule has 0 spiro atoms. The van der Waals surface area contributed by atoms with Crippen molar-refractivity contribution in [3.8, 4) is 11.5 Å². The van der Waals surface area contributed by atoms with Gasteiger partial charge in [-0.05, 0) is 19.1 Å². The minimum absolute atomic E-state index is 0.117. The van der Waals surface area contributed by atoms with Crippen LogP contribution in [0.15, 0.2) is 12.1 Å². The SMILES string of the molecule is CCONC(=O)c1cc(Cl)c2c(c1)OCO2. The first-order valence-corrected chi connectivity index (χ1v) is 5.11. The van der Waals surface area contributed by atoms with Gasteiger partial charge in [-0.2, -0.15) is 0 Å². The largest absolute Gasteiger partial charge is 0.454 e. The number of halogens is 1. The van der Waals surface area contributed by atoms with Crippen molar-refractivity contribution >= 4 is 17.5 Å². The molecule has 1 N–H and O–H groups in total. The molecule has 5 nitrogen and oxygen atoms in total. The minimum Gasteiger partial charge on any atom is -0.454 e. The summed E-state index contributed by atoms with van der Waals surface area (Å²) in [6, 6.07) is 3.06. The summed E-state index contributed by atoms with van der Waals surface area (Å²) >= 11 is 5.93. The van der Waals surface area contributed by atoms with E-state index in [-0.39, 0.29) is 12.7 Å². The third-order valence-electron chi connectivity index (χ3n) is 2.00. The molecule has 1 aliphatic heterocycles. The second-order valence-electron chi connectivity index (χ2n) is 3.06. The molecular weight excluding hydrogens is 234 g/mol. The molecular formula is C10H10ClNO4. The van der Waals surface area contributed by atoms with Crippen LogP contribution in [-0.2, 0) is 4.84 Å².